The molecule has 2 nitrogen and oxygen atoms in total. The Balaban J connectivity index is 0. The topological polar surface area (TPSA) is 37.3 Å². The molecule has 0 saturated heterocycles. The second-order valence-corrected chi connectivity index (χ2v) is 2.14. The van der Waals surface area contributed by atoms with Crippen LogP contribution in [0.5, 0.6) is 0 Å². The molecule has 0 saturated carbocycles. The minimum absolute atomic E-state index is 0. The Morgan fingerprint density at radius 3 is 2.42 bits per heavy atom. The maximum atomic E-state index is 10.0. The summed E-state index contributed by atoms with van der Waals surface area (Å²) in [6.45, 7) is 0. The van der Waals surface area contributed by atoms with Gasteiger partial charge in [0.1, 0.15) is 0 Å². The zero-order valence-electron chi connectivity index (χ0n) is 7.05. The van der Waals surface area contributed by atoms with E-state index in [2.05, 4.69) is 11.8 Å². The Bertz CT molecular complexity index is 172. The van der Waals surface area contributed by atoms with Gasteiger partial charge in [-0.25, -0.2) is 0 Å². The molecule has 1 N–H and O–H groups in total. The average molecular weight is 239 g/mol. The number of carboxylic acid groups (broad SMARTS) is 1. The smallest absolute Gasteiger partial charge is 0.303 e. The van der Waals surface area contributed by atoms with Gasteiger partial charge in [-0.1, -0.05) is 6.32 Å². The largest absolute Gasteiger partial charge is 0.481 e. The second-order valence-electron chi connectivity index (χ2n) is 2.14. The van der Waals surface area contributed by atoms with Crippen LogP contribution in [0.25, 0.3) is 0 Å². The molecule has 0 aromatic carbocycles. The van der Waals surface area contributed by atoms with Crippen molar-refractivity contribution in [1.29, 1.82) is 0 Å². The molecular weight excluding hydrogens is 228 g/mol. The van der Waals surface area contributed by atoms with Crippen LogP contribution in [0.4, 0.5) is 0 Å². The molecule has 4 heteroatoms. The van der Waals surface area contributed by atoms with E-state index in [1.54, 1.807) is 0 Å². The zero-order valence-corrected chi connectivity index (χ0v) is 9.88. The molecule has 3 radical (unpaired) electrons. The van der Waals surface area contributed by atoms with Gasteiger partial charge in [0.2, 0.25) is 0 Å². The number of rotatable bonds is 4. The van der Waals surface area contributed by atoms with Gasteiger partial charge in [-0.3, -0.25) is 4.79 Å². The first-order chi connectivity index (χ1) is 5.27. The minimum Gasteiger partial charge on any atom is -0.481 e. The fraction of sp³-hybridized carbons (Fsp3) is 0.625. The molecule has 61 valence electrons. The van der Waals surface area contributed by atoms with Crippen LogP contribution in [-0.2, 0) is 37.5 Å². The molecule has 0 atom stereocenters. The Labute approximate surface area is 99.8 Å². The van der Waals surface area contributed by atoms with E-state index in [4.69, 9.17) is 13.0 Å². The van der Waals surface area contributed by atoms with Gasteiger partial charge >= 0.3 is 5.97 Å². The molecule has 0 fully saturated rings. The van der Waals surface area contributed by atoms with Gasteiger partial charge in [0.15, 0.2) is 0 Å². The summed E-state index contributed by atoms with van der Waals surface area (Å²) in [6, 6.07) is 0. The van der Waals surface area contributed by atoms with E-state index in [1.807, 2.05) is 0 Å². The van der Waals surface area contributed by atoms with Gasteiger partial charge in [-0.05, 0) is 6.42 Å². The first-order valence-electron chi connectivity index (χ1n) is 3.65. The standard InChI is InChI=1S/C8H11BO2.Y/c9-7-5-3-1-2-4-6-8(10)11;/h2,4-7H2,(H,10,11);. The third kappa shape index (κ3) is 12.8. The van der Waals surface area contributed by atoms with Crippen molar-refractivity contribution in [3.8, 4) is 11.8 Å². The Morgan fingerprint density at radius 2 is 1.92 bits per heavy atom. The Morgan fingerprint density at radius 1 is 1.33 bits per heavy atom. The minimum atomic E-state index is -0.759. The summed E-state index contributed by atoms with van der Waals surface area (Å²) in [5.41, 5.74) is 0. The number of unbranched alkanes of at least 4 members (excludes halogenated alkanes) is 1. The van der Waals surface area contributed by atoms with Crippen LogP contribution in [0.3, 0.4) is 0 Å². The van der Waals surface area contributed by atoms with Crippen LogP contribution in [0.2, 0.25) is 6.32 Å². The fourth-order valence-corrected chi connectivity index (χ4v) is 0.577. The summed E-state index contributed by atoms with van der Waals surface area (Å²) in [5, 5.41) is 8.25. The van der Waals surface area contributed by atoms with Crippen LogP contribution >= 0.6 is 0 Å². The van der Waals surface area contributed by atoms with Gasteiger partial charge in [0, 0.05) is 52.0 Å². The van der Waals surface area contributed by atoms with E-state index in [0.717, 1.165) is 0 Å². The fourth-order valence-electron chi connectivity index (χ4n) is 0.577. The first kappa shape index (κ1) is 14.7. The van der Waals surface area contributed by atoms with Gasteiger partial charge in [-0.2, -0.15) is 0 Å². The summed E-state index contributed by atoms with van der Waals surface area (Å²) >= 11 is 0. The molecule has 0 aliphatic heterocycles. The number of aliphatic carboxylic acids is 1. The third-order valence-electron chi connectivity index (χ3n) is 1.09. The molecule has 0 aliphatic carbocycles. The number of carbonyl (C=O) groups is 1. The van der Waals surface area contributed by atoms with Crippen LogP contribution in [0.1, 0.15) is 25.7 Å². The summed E-state index contributed by atoms with van der Waals surface area (Å²) in [4.78, 5) is 10.0. The maximum Gasteiger partial charge on any atom is 0.303 e. The maximum absolute atomic E-state index is 10.0. The van der Waals surface area contributed by atoms with Crippen molar-refractivity contribution in [2.24, 2.45) is 0 Å². The Kier molecular flexibility index (Phi) is 13.7. The predicted molar refractivity (Wildman–Crippen MR) is 44.4 cm³/mol. The predicted octanol–water partition coefficient (Wildman–Crippen LogP) is 1.22. The Hall–Kier alpha value is 0.199. The molecule has 0 unspecified atom stereocenters. The monoisotopic (exact) mass is 239 g/mol. The van der Waals surface area contributed by atoms with E-state index in [0.29, 0.717) is 25.6 Å². The van der Waals surface area contributed by atoms with E-state index < -0.39 is 5.97 Å². The van der Waals surface area contributed by atoms with Crippen molar-refractivity contribution in [3.05, 3.63) is 0 Å². The van der Waals surface area contributed by atoms with Gasteiger partial charge < -0.3 is 5.11 Å². The summed E-state index contributed by atoms with van der Waals surface area (Å²) in [5.74, 6) is 4.93. The van der Waals surface area contributed by atoms with Gasteiger partial charge in [0.05, 0.1) is 7.85 Å². The van der Waals surface area contributed by atoms with E-state index in [1.165, 1.54) is 0 Å². The number of carboxylic acids is 1. The normalized spacial score (nSPS) is 7.67. The van der Waals surface area contributed by atoms with Crippen molar-refractivity contribution in [2.45, 2.75) is 32.0 Å². The van der Waals surface area contributed by atoms with Crippen molar-refractivity contribution in [2.75, 3.05) is 0 Å². The first-order valence-corrected chi connectivity index (χ1v) is 3.65. The van der Waals surface area contributed by atoms with Crippen molar-refractivity contribution < 1.29 is 42.6 Å². The van der Waals surface area contributed by atoms with E-state index in [-0.39, 0.29) is 39.1 Å². The van der Waals surface area contributed by atoms with Crippen LogP contribution in [0.15, 0.2) is 0 Å². The number of hydrogen-bond acceptors (Lipinski definition) is 1. The van der Waals surface area contributed by atoms with Gasteiger partial charge in [-0.15, -0.1) is 11.8 Å². The van der Waals surface area contributed by atoms with Gasteiger partial charge in [0.25, 0.3) is 0 Å². The molecule has 0 aliphatic rings. The molecule has 0 aromatic rings. The molecule has 0 bridgehead atoms. The second kappa shape index (κ2) is 11.2. The summed E-state index contributed by atoms with van der Waals surface area (Å²) in [7, 11) is 5.19. The molecule has 12 heavy (non-hydrogen) atoms. The SMILES string of the molecule is [B]CCC#CCCCC(=O)O.[Y]. The molecule has 0 amide bonds. The van der Waals surface area contributed by atoms with Crippen LogP contribution in [0, 0.1) is 11.8 Å². The van der Waals surface area contributed by atoms with Crippen molar-refractivity contribution in [1.82, 2.24) is 0 Å². The van der Waals surface area contributed by atoms with Crippen molar-refractivity contribution >= 4 is 13.8 Å². The molecular formula is C8H11BO2Y. The molecule has 0 aromatic heterocycles. The molecule has 0 rings (SSSR count). The summed E-state index contributed by atoms with van der Waals surface area (Å²) < 4.78 is 0. The molecule has 0 spiro atoms. The zero-order chi connectivity index (χ0) is 8.53. The average Bonchev–Trinajstić information content (AvgIpc) is 1.96. The van der Waals surface area contributed by atoms with Crippen LogP contribution in [-0.4, -0.2) is 18.9 Å². The quantitative estimate of drug-likeness (QED) is 0.455. The summed E-state index contributed by atoms with van der Waals surface area (Å²) in [6.07, 6.45) is 2.77. The van der Waals surface area contributed by atoms with E-state index >= 15 is 0 Å². The molecule has 0 heterocycles. The van der Waals surface area contributed by atoms with E-state index in [9.17, 15) is 4.79 Å². The van der Waals surface area contributed by atoms with Crippen molar-refractivity contribution in [3.63, 3.8) is 0 Å². The third-order valence-corrected chi connectivity index (χ3v) is 1.09. The number of hydrogen-bond donors (Lipinski definition) is 1. The van der Waals surface area contributed by atoms with Crippen LogP contribution < -0.4 is 0 Å².